The van der Waals surface area contributed by atoms with E-state index in [0.29, 0.717) is 30.0 Å². The van der Waals surface area contributed by atoms with Crippen LogP contribution in [0.5, 0.6) is 0 Å². The molecule has 2 heterocycles. The van der Waals surface area contributed by atoms with E-state index < -0.39 is 11.2 Å². The van der Waals surface area contributed by atoms with E-state index in [9.17, 15) is 14.4 Å². The Morgan fingerprint density at radius 3 is 2.70 bits per heavy atom. The second kappa shape index (κ2) is 9.57. The predicted molar refractivity (Wildman–Crippen MR) is 114 cm³/mol. The summed E-state index contributed by atoms with van der Waals surface area (Å²) >= 11 is 1.15. The van der Waals surface area contributed by atoms with Crippen LogP contribution in [0.3, 0.4) is 0 Å². The summed E-state index contributed by atoms with van der Waals surface area (Å²) in [6, 6.07) is 5.93. The number of nitrogens with one attached hydrogen (secondary N) is 3. The number of para-hydroxylation sites is 1. The average Bonchev–Trinajstić information content (AvgIpc) is 3.15. The number of nitrogens with zero attached hydrogens (tertiary/aromatic N) is 2. The molecule has 0 saturated carbocycles. The summed E-state index contributed by atoms with van der Waals surface area (Å²) in [4.78, 5) is 40.2. The normalized spacial score (nSPS) is 10.9. The fraction of sp³-hybridized carbons (Fsp3) is 0.350. The van der Waals surface area contributed by atoms with Gasteiger partial charge in [-0.15, -0.1) is 10.2 Å². The van der Waals surface area contributed by atoms with Crippen LogP contribution in [-0.2, 0) is 24.1 Å². The van der Waals surface area contributed by atoms with Crippen LogP contribution in [0.4, 0.5) is 5.69 Å². The van der Waals surface area contributed by atoms with Gasteiger partial charge in [0, 0.05) is 23.4 Å². The molecule has 0 saturated heterocycles. The minimum absolute atomic E-state index is 0.137. The van der Waals surface area contributed by atoms with Crippen LogP contribution in [0, 0.1) is 13.8 Å². The smallest absolute Gasteiger partial charge is 0.325 e. The Labute approximate surface area is 176 Å². The molecule has 0 aliphatic carbocycles. The maximum Gasteiger partial charge on any atom is 0.325 e. The minimum Gasteiger partial charge on any atom is -0.416 e. The van der Waals surface area contributed by atoms with Gasteiger partial charge in [-0.25, -0.2) is 4.79 Å². The predicted octanol–water partition coefficient (Wildman–Crippen LogP) is 2.14. The van der Waals surface area contributed by atoms with Crippen LogP contribution in [0.1, 0.15) is 35.2 Å². The van der Waals surface area contributed by atoms with Gasteiger partial charge in [0.1, 0.15) is 0 Å². The first-order valence-electron chi connectivity index (χ1n) is 9.53. The average molecular weight is 430 g/mol. The molecule has 10 heteroatoms. The first-order valence-corrected chi connectivity index (χ1v) is 10.5. The second-order valence-electron chi connectivity index (χ2n) is 6.77. The van der Waals surface area contributed by atoms with E-state index in [1.165, 1.54) is 0 Å². The number of thioether (sulfide) groups is 1. The Balaban J connectivity index is 1.56. The fourth-order valence-corrected chi connectivity index (χ4v) is 3.64. The number of aryl methyl sites for hydroxylation is 4. The first kappa shape index (κ1) is 21.6. The molecule has 30 heavy (non-hydrogen) atoms. The SMILES string of the molecule is CCc1cccc(C)c1NC(=O)CSc1nnc(CCc2c(C)[nH]c(=O)[nH]c2=O)o1. The number of hydrogen-bond donors (Lipinski definition) is 3. The van der Waals surface area contributed by atoms with Crippen LogP contribution in [0.25, 0.3) is 0 Å². The molecule has 3 aromatic rings. The Bertz CT molecular complexity index is 1160. The molecule has 3 N–H and O–H groups in total. The molecule has 0 spiro atoms. The number of H-pyrrole nitrogens is 2. The standard InChI is InChI=1S/C20H23N5O4S/c1-4-13-7-5-6-11(2)17(13)22-15(26)10-30-20-25-24-16(29-20)9-8-14-12(3)21-19(28)23-18(14)27/h5-7H,4,8-10H2,1-3H3,(H,22,26)(H2,21,23,27,28). The zero-order valence-corrected chi connectivity index (χ0v) is 17.8. The highest BCUT2D eigenvalue weighted by atomic mass is 32.2. The van der Waals surface area contributed by atoms with E-state index in [1.807, 2.05) is 32.0 Å². The molecule has 0 atom stereocenters. The molecule has 1 aromatic carbocycles. The quantitative estimate of drug-likeness (QED) is 0.467. The number of rotatable bonds is 8. The first-order chi connectivity index (χ1) is 14.4. The van der Waals surface area contributed by atoms with E-state index in [0.717, 1.165) is 35.0 Å². The van der Waals surface area contributed by atoms with Gasteiger partial charge >= 0.3 is 5.69 Å². The molecule has 3 rings (SSSR count). The van der Waals surface area contributed by atoms with Gasteiger partial charge in [-0.2, -0.15) is 0 Å². The highest BCUT2D eigenvalue weighted by molar-refractivity contribution is 7.99. The number of aromatic nitrogens is 4. The topological polar surface area (TPSA) is 134 Å². The van der Waals surface area contributed by atoms with Gasteiger partial charge in [0.15, 0.2) is 0 Å². The summed E-state index contributed by atoms with van der Waals surface area (Å²) < 4.78 is 5.55. The fourth-order valence-electron chi connectivity index (χ4n) is 3.06. The van der Waals surface area contributed by atoms with Gasteiger partial charge in [-0.3, -0.25) is 14.6 Å². The summed E-state index contributed by atoms with van der Waals surface area (Å²) in [6.45, 7) is 5.67. The van der Waals surface area contributed by atoms with Gasteiger partial charge in [0.2, 0.25) is 11.8 Å². The molecule has 2 aromatic heterocycles. The molecular weight excluding hydrogens is 406 g/mol. The van der Waals surface area contributed by atoms with E-state index in [-0.39, 0.29) is 16.9 Å². The second-order valence-corrected chi connectivity index (χ2v) is 7.70. The van der Waals surface area contributed by atoms with Crippen molar-refractivity contribution in [1.29, 1.82) is 0 Å². The number of carbonyl (C=O) groups excluding carboxylic acids is 1. The van der Waals surface area contributed by atoms with Crippen LogP contribution in [-0.4, -0.2) is 31.8 Å². The summed E-state index contributed by atoms with van der Waals surface area (Å²) in [7, 11) is 0. The van der Waals surface area contributed by atoms with Crippen LogP contribution in [0.15, 0.2) is 37.4 Å². The van der Waals surface area contributed by atoms with Gasteiger partial charge in [0.05, 0.1) is 5.75 Å². The van der Waals surface area contributed by atoms with E-state index >= 15 is 0 Å². The third-order valence-corrected chi connectivity index (χ3v) is 5.44. The molecule has 0 aliphatic heterocycles. The number of carbonyl (C=O) groups is 1. The lowest BCUT2D eigenvalue weighted by Gasteiger charge is -2.12. The van der Waals surface area contributed by atoms with Crippen molar-refractivity contribution in [2.45, 2.75) is 45.3 Å². The van der Waals surface area contributed by atoms with Crippen LogP contribution < -0.4 is 16.6 Å². The summed E-state index contributed by atoms with van der Waals surface area (Å²) in [5, 5.41) is 11.1. The number of benzene rings is 1. The van der Waals surface area contributed by atoms with Crippen molar-refractivity contribution in [2.24, 2.45) is 0 Å². The third kappa shape index (κ3) is 5.26. The third-order valence-electron chi connectivity index (χ3n) is 4.62. The summed E-state index contributed by atoms with van der Waals surface area (Å²) in [5.41, 5.74) is 2.96. The lowest BCUT2D eigenvalue weighted by Crippen LogP contribution is -2.27. The van der Waals surface area contributed by atoms with Crippen molar-refractivity contribution in [1.82, 2.24) is 20.2 Å². The molecule has 0 aliphatic rings. The molecule has 158 valence electrons. The van der Waals surface area contributed by atoms with Gasteiger partial charge in [0.25, 0.3) is 10.8 Å². The highest BCUT2D eigenvalue weighted by Crippen LogP contribution is 2.22. The zero-order chi connectivity index (χ0) is 21.7. The number of hydrogen-bond acceptors (Lipinski definition) is 7. The molecule has 0 radical (unpaired) electrons. The molecule has 0 fully saturated rings. The van der Waals surface area contributed by atoms with Crippen molar-refractivity contribution >= 4 is 23.4 Å². The van der Waals surface area contributed by atoms with Gasteiger partial charge in [-0.1, -0.05) is 36.9 Å². The lowest BCUT2D eigenvalue weighted by molar-refractivity contribution is -0.113. The van der Waals surface area contributed by atoms with Crippen molar-refractivity contribution in [3.8, 4) is 0 Å². The molecule has 1 amide bonds. The zero-order valence-electron chi connectivity index (χ0n) is 17.0. The van der Waals surface area contributed by atoms with E-state index in [4.69, 9.17) is 4.42 Å². The Hall–Kier alpha value is -3.14. The number of aromatic amines is 2. The van der Waals surface area contributed by atoms with Crippen LogP contribution >= 0.6 is 11.8 Å². The molecule has 9 nitrogen and oxygen atoms in total. The van der Waals surface area contributed by atoms with Crippen molar-refractivity contribution < 1.29 is 9.21 Å². The largest absolute Gasteiger partial charge is 0.416 e. The van der Waals surface area contributed by atoms with Crippen molar-refractivity contribution in [2.75, 3.05) is 11.1 Å². The van der Waals surface area contributed by atoms with Crippen LogP contribution in [0.2, 0.25) is 0 Å². The summed E-state index contributed by atoms with van der Waals surface area (Å²) in [6.07, 6.45) is 1.52. The molecule has 0 bridgehead atoms. The number of anilines is 1. The van der Waals surface area contributed by atoms with E-state index in [2.05, 4.69) is 25.5 Å². The lowest BCUT2D eigenvalue weighted by atomic mass is 10.1. The molecular formula is C20H23N5O4S. The highest BCUT2D eigenvalue weighted by Gasteiger charge is 2.13. The minimum atomic E-state index is -0.534. The Kier molecular flexibility index (Phi) is 6.88. The Morgan fingerprint density at radius 1 is 1.17 bits per heavy atom. The van der Waals surface area contributed by atoms with Crippen molar-refractivity contribution in [3.05, 3.63) is 67.3 Å². The number of amides is 1. The van der Waals surface area contributed by atoms with Gasteiger partial charge < -0.3 is 14.7 Å². The maximum absolute atomic E-state index is 12.3. The Morgan fingerprint density at radius 2 is 1.97 bits per heavy atom. The molecule has 0 unspecified atom stereocenters. The van der Waals surface area contributed by atoms with Crippen molar-refractivity contribution in [3.63, 3.8) is 0 Å². The van der Waals surface area contributed by atoms with Gasteiger partial charge in [-0.05, 0) is 37.8 Å². The van der Waals surface area contributed by atoms with E-state index in [1.54, 1.807) is 6.92 Å². The summed E-state index contributed by atoms with van der Waals surface area (Å²) in [5.74, 6) is 0.340. The monoisotopic (exact) mass is 429 g/mol. The maximum atomic E-state index is 12.3.